The molecule has 1 aromatic carbocycles. The minimum Gasteiger partial charge on any atom is -0.374 e. The molecule has 0 aliphatic rings. The average molecular weight is 208 g/mol. The third kappa shape index (κ3) is 1.73. The van der Waals surface area contributed by atoms with E-state index in [-0.39, 0.29) is 5.56 Å². The first-order valence-corrected chi connectivity index (χ1v) is 4.51. The Bertz CT molecular complexity index is 573. The first-order chi connectivity index (χ1) is 7.85. The van der Waals surface area contributed by atoms with Gasteiger partial charge in [0.15, 0.2) is 5.75 Å². The molecule has 0 fully saturated rings. The van der Waals surface area contributed by atoms with Crippen molar-refractivity contribution >= 4 is 0 Å². The number of aromatic nitrogens is 1. The van der Waals surface area contributed by atoms with Crippen LogP contribution in [-0.2, 0) is 0 Å². The van der Waals surface area contributed by atoms with Crippen LogP contribution in [0.5, 0.6) is 5.75 Å². The van der Waals surface area contributed by atoms with Crippen LogP contribution in [0.2, 0.25) is 0 Å². The van der Waals surface area contributed by atoms with Crippen LogP contribution in [0, 0.1) is 28.7 Å². The van der Waals surface area contributed by atoms with Gasteiger partial charge in [0.25, 0.3) is 0 Å². The zero-order chi connectivity index (χ0) is 11.4. The molecule has 0 N–H and O–H groups in total. The van der Waals surface area contributed by atoms with Crippen LogP contribution in [0.1, 0.15) is 11.1 Å². The Morgan fingerprint density at radius 3 is 2.75 bits per heavy atom. The molecule has 4 heteroatoms. The highest BCUT2D eigenvalue weighted by molar-refractivity contribution is 5.53. The standard InChI is InChI=1S/C12H6N3O/c13-8-10-4-3-5-12(11(10)9-14)16-15-6-1-2-7-15/h1,3-7H. The fourth-order valence-electron chi connectivity index (χ4n) is 1.26. The fourth-order valence-corrected chi connectivity index (χ4v) is 1.26. The summed E-state index contributed by atoms with van der Waals surface area (Å²) in [5, 5.41) is 17.8. The molecule has 1 heterocycles. The highest BCUT2D eigenvalue weighted by atomic mass is 16.7. The second kappa shape index (κ2) is 4.20. The Morgan fingerprint density at radius 2 is 2.12 bits per heavy atom. The minimum absolute atomic E-state index is 0.235. The van der Waals surface area contributed by atoms with Crippen molar-refractivity contribution in [2.24, 2.45) is 0 Å². The minimum atomic E-state index is 0.235. The van der Waals surface area contributed by atoms with Gasteiger partial charge in [-0.3, -0.25) is 0 Å². The summed E-state index contributed by atoms with van der Waals surface area (Å²) in [6.45, 7) is 0. The van der Waals surface area contributed by atoms with E-state index in [1.54, 1.807) is 36.7 Å². The van der Waals surface area contributed by atoms with Crippen molar-refractivity contribution in [3.63, 3.8) is 0 Å². The highest BCUT2D eigenvalue weighted by Crippen LogP contribution is 2.21. The molecule has 0 saturated heterocycles. The van der Waals surface area contributed by atoms with E-state index in [9.17, 15) is 0 Å². The third-order valence-electron chi connectivity index (χ3n) is 1.98. The molecule has 2 aromatic rings. The molecule has 0 atom stereocenters. The maximum absolute atomic E-state index is 8.96. The summed E-state index contributed by atoms with van der Waals surface area (Å²) in [7, 11) is 0. The summed E-state index contributed by atoms with van der Waals surface area (Å²) in [4.78, 5) is 5.39. The molecule has 2 rings (SSSR count). The summed E-state index contributed by atoms with van der Waals surface area (Å²) >= 11 is 0. The number of nitriles is 2. The molecule has 16 heavy (non-hydrogen) atoms. The van der Waals surface area contributed by atoms with Crippen molar-refractivity contribution in [2.75, 3.05) is 0 Å². The smallest absolute Gasteiger partial charge is 0.174 e. The van der Waals surface area contributed by atoms with Crippen molar-refractivity contribution in [3.05, 3.63) is 53.9 Å². The van der Waals surface area contributed by atoms with Crippen LogP contribution >= 0.6 is 0 Å². The molecular weight excluding hydrogens is 202 g/mol. The molecule has 4 nitrogen and oxygen atoms in total. The molecule has 0 aliphatic carbocycles. The van der Waals surface area contributed by atoms with E-state index in [1.807, 2.05) is 12.1 Å². The molecule has 0 amide bonds. The molecule has 0 unspecified atom stereocenters. The van der Waals surface area contributed by atoms with Gasteiger partial charge in [0.05, 0.1) is 11.8 Å². The van der Waals surface area contributed by atoms with Gasteiger partial charge in [0, 0.05) is 12.3 Å². The Morgan fingerprint density at radius 1 is 1.25 bits per heavy atom. The Labute approximate surface area is 92.5 Å². The molecule has 1 radical (unpaired) electrons. The second-order valence-corrected chi connectivity index (χ2v) is 2.96. The van der Waals surface area contributed by atoms with E-state index in [0.29, 0.717) is 11.3 Å². The highest BCUT2D eigenvalue weighted by Gasteiger charge is 2.09. The SMILES string of the molecule is N#Cc1cccc(On2c[c]cc2)c1C#N. The van der Waals surface area contributed by atoms with Gasteiger partial charge >= 0.3 is 0 Å². The van der Waals surface area contributed by atoms with Crippen molar-refractivity contribution in [3.8, 4) is 17.9 Å². The van der Waals surface area contributed by atoms with Crippen LogP contribution in [0.25, 0.3) is 0 Å². The van der Waals surface area contributed by atoms with Gasteiger partial charge in [-0.1, -0.05) is 6.07 Å². The maximum atomic E-state index is 8.96. The Kier molecular flexibility index (Phi) is 2.58. The lowest BCUT2D eigenvalue weighted by Gasteiger charge is -2.07. The topological polar surface area (TPSA) is 61.7 Å². The summed E-state index contributed by atoms with van der Waals surface area (Å²) in [5.74, 6) is 0.353. The van der Waals surface area contributed by atoms with Gasteiger partial charge in [0.2, 0.25) is 0 Å². The summed E-state index contributed by atoms with van der Waals surface area (Å²) < 4.78 is 1.41. The molecular formula is C12H6N3O. The first kappa shape index (κ1) is 9.82. The largest absolute Gasteiger partial charge is 0.374 e. The quantitative estimate of drug-likeness (QED) is 0.756. The molecule has 1 aromatic heterocycles. The normalized spacial score (nSPS) is 9.12. The van der Waals surface area contributed by atoms with Crippen LogP contribution in [0.3, 0.4) is 0 Å². The predicted molar refractivity (Wildman–Crippen MR) is 55.2 cm³/mol. The molecule has 0 spiro atoms. The second-order valence-electron chi connectivity index (χ2n) is 2.96. The lowest BCUT2D eigenvalue weighted by molar-refractivity contribution is 0.216. The molecule has 0 saturated carbocycles. The van der Waals surface area contributed by atoms with Crippen LogP contribution < -0.4 is 4.84 Å². The van der Waals surface area contributed by atoms with Gasteiger partial charge < -0.3 is 4.84 Å². The van der Waals surface area contributed by atoms with Gasteiger partial charge in [0.1, 0.15) is 17.7 Å². The maximum Gasteiger partial charge on any atom is 0.174 e. The van der Waals surface area contributed by atoms with E-state index < -0.39 is 0 Å². The number of rotatable bonds is 2. The van der Waals surface area contributed by atoms with E-state index >= 15 is 0 Å². The van der Waals surface area contributed by atoms with Gasteiger partial charge in [-0.2, -0.15) is 15.3 Å². The fraction of sp³-hybridized carbons (Fsp3) is 0. The van der Waals surface area contributed by atoms with Crippen LogP contribution in [0.15, 0.2) is 36.7 Å². The van der Waals surface area contributed by atoms with Gasteiger partial charge in [-0.25, -0.2) is 0 Å². The van der Waals surface area contributed by atoms with Gasteiger partial charge in [-0.05, 0) is 18.2 Å². The number of benzene rings is 1. The van der Waals surface area contributed by atoms with E-state index in [0.717, 1.165) is 0 Å². The molecule has 75 valence electrons. The number of nitrogens with zero attached hydrogens (tertiary/aromatic N) is 3. The zero-order valence-electron chi connectivity index (χ0n) is 8.21. The Hall–Kier alpha value is -2.72. The van der Waals surface area contributed by atoms with Crippen LogP contribution in [-0.4, -0.2) is 4.73 Å². The van der Waals surface area contributed by atoms with Crippen molar-refractivity contribution < 1.29 is 4.84 Å². The summed E-state index contributed by atoms with van der Waals surface area (Å²) in [6, 6.07) is 13.3. The Balaban J connectivity index is 2.43. The van der Waals surface area contributed by atoms with Crippen molar-refractivity contribution in [1.29, 1.82) is 10.5 Å². The lowest BCUT2D eigenvalue weighted by Crippen LogP contribution is -2.03. The summed E-state index contributed by atoms with van der Waals surface area (Å²) in [6.07, 6.45) is 3.24. The molecule has 0 aliphatic heterocycles. The van der Waals surface area contributed by atoms with Crippen LogP contribution in [0.4, 0.5) is 0 Å². The zero-order valence-corrected chi connectivity index (χ0v) is 8.21. The number of hydrogen-bond acceptors (Lipinski definition) is 3. The third-order valence-corrected chi connectivity index (χ3v) is 1.98. The number of hydrogen-bond donors (Lipinski definition) is 0. The monoisotopic (exact) mass is 208 g/mol. The average Bonchev–Trinajstić information content (AvgIpc) is 2.81. The van der Waals surface area contributed by atoms with E-state index in [1.165, 1.54) is 4.73 Å². The van der Waals surface area contributed by atoms with Crippen molar-refractivity contribution in [1.82, 2.24) is 4.73 Å². The predicted octanol–water partition coefficient (Wildman–Crippen LogP) is 1.87. The summed E-state index contributed by atoms with van der Waals surface area (Å²) in [5.41, 5.74) is 0.537. The van der Waals surface area contributed by atoms with Crippen molar-refractivity contribution in [2.45, 2.75) is 0 Å². The molecule has 0 bridgehead atoms. The lowest BCUT2D eigenvalue weighted by atomic mass is 10.1. The van der Waals surface area contributed by atoms with E-state index in [4.69, 9.17) is 15.4 Å². The first-order valence-electron chi connectivity index (χ1n) is 4.51. The van der Waals surface area contributed by atoms with Gasteiger partial charge in [-0.15, -0.1) is 0 Å². The van der Waals surface area contributed by atoms with E-state index in [2.05, 4.69) is 6.07 Å².